The third-order valence-electron chi connectivity index (χ3n) is 3.21. The minimum atomic E-state index is 0.197. The van der Waals surface area contributed by atoms with E-state index in [1.807, 2.05) is 21.7 Å². The monoisotopic (exact) mass is 262 g/mol. The average Bonchev–Trinajstić information content (AvgIpc) is 3.11. The summed E-state index contributed by atoms with van der Waals surface area (Å²) in [5, 5.41) is 12.3. The van der Waals surface area contributed by atoms with Crippen molar-refractivity contribution >= 4 is 17.2 Å². The summed E-state index contributed by atoms with van der Waals surface area (Å²) in [6, 6.07) is 2.23. The van der Waals surface area contributed by atoms with E-state index in [-0.39, 0.29) is 11.9 Å². The number of likely N-dealkylation sites (tertiary alicyclic amines) is 1. The van der Waals surface area contributed by atoms with Gasteiger partial charge in [0, 0.05) is 13.1 Å². The molecule has 0 aliphatic carbocycles. The molecular weight excluding hydrogens is 248 g/mol. The Balaban J connectivity index is 1.60. The molecule has 1 aliphatic heterocycles. The maximum Gasteiger partial charge on any atom is 0.227 e. The molecule has 0 radical (unpaired) electrons. The molecule has 94 valence electrons. The van der Waals surface area contributed by atoms with Gasteiger partial charge < -0.3 is 4.90 Å². The minimum absolute atomic E-state index is 0.197. The molecule has 1 atom stereocenters. The summed E-state index contributed by atoms with van der Waals surface area (Å²) in [6.45, 7) is 1.52. The molecule has 0 bridgehead atoms. The molecule has 1 amide bonds. The molecule has 0 saturated carbocycles. The maximum atomic E-state index is 12.1. The lowest BCUT2D eigenvalue weighted by Crippen LogP contribution is -2.30. The Morgan fingerprint density at radius 1 is 1.44 bits per heavy atom. The van der Waals surface area contributed by atoms with Crippen LogP contribution < -0.4 is 0 Å². The van der Waals surface area contributed by atoms with E-state index in [4.69, 9.17) is 0 Å². The first-order valence-electron chi connectivity index (χ1n) is 5.97. The van der Waals surface area contributed by atoms with E-state index in [0.717, 1.165) is 25.1 Å². The van der Waals surface area contributed by atoms with Crippen molar-refractivity contribution in [3.8, 4) is 0 Å². The van der Waals surface area contributed by atoms with Crippen LogP contribution in [0.1, 0.15) is 18.0 Å². The normalized spacial score (nSPS) is 19.3. The van der Waals surface area contributed by atoms with Gasteiger partial charge in [-0.05, 0) is 28.8 Å². The smallest absolute Gasteiger partial charge is 0.227 e. The quantitative estimate of drug-likeness (QED) is 0.839. The van der Waals surface area contributed by atoms with Crippen molar-refractivity contribution in [2.75, 3.05) is 13.1 Å². The SMILES string of the molecule is O=C(Cc1ccsc1)N1CC[C@@H](n2nccn2)C1. The van der Waals surface area contributed by atoms with E-state index in [1.54, 1.807) is 28.5 Å². The van der Waals surface area contributed by atoms with Crippen LogP contribution in [-0.4, -0.2) is 38.9 Å². The van der Waals surface area contributed by atoms with Crippen molar-refractivity contribution in [3.63, 3.8) is 0 Å². The third-order valence-corrected chi connectivity index (χ3v) is 3.95. The van der Waals surface area contributed by atoms with Crippen molar-refractivity contribution in [2.45, 2.75) is 18.9 Å². The van der Waals surface area contributed by atoms with Crippen LogP contribution in [0, 0.1) is 0 Å². The van der Waals surface area contributed by atoms with E-state index in [9.17, 15) is 4.79 Å². The van der Waals surface area contributed by atoms with Gasteiger partial charge in [-0.1, -0.05) is 0 Å². The first-order chi connectivity index (χ1) is 8.83. The Morgan fingerprint density at radius 3 is 3.00 bits per heavy atom. The van der Waals surface area contributed by atoms with Gasteiger partial charge >= 0.3 is 0 Å². The van der Waals surface area contributed by atoms with Gasteiger partial charge in [-0.25, -0.2) is 0 Å². The molecule has 0 N–H and O–H groups in total. The highest BCUT2D eigenvalue weighted by Crippen LogP contribution is 2.20. The molecule has 2 aromatic heterocycles. The molecule has 0 unspecified atom stereocenters. The summed E-state index contributed by atoms with van der Waals surface area (Å²) in [5.74, 6) is 0.197. The van der Waals surface area contributed by atoms with E-state index in [1.165, 1.54) is 0 Å². The Bertz CT molecular complexity index is 508. The maximum absolute atomic E-state index is 12.1. The van der Waals surface area contributed by atoms with Crippen LogP contribution in [0.5, 0.6) is 0 Å². The van der Waals surface area contributed by atoms with E-state index < -0.39 is 0 Å². The molecule has 1 fully saturated rings. The van der Waals surface area contributed by atoms with Gasteiger partial charge in [0.2, 0.25) is 5.91 Å². The molecule has 1 saturated heterocycles. The minimum Gasteiger partial charge on any atom is -0.340 e. The second-order valence-corrected chi connectivity index (χ2v) is 5.22. The van der Waals surface area contributed by atoms with Crippen molar-refractivity contribution in [3.05, 3.63) is 34.8 Å². The summed E-state index contributed by atoms with van der Waals surface area (Å²) in [7, 11) is 0. The second-order valence-electron chi connectivity index (χ2n) is 4.44. The summed E-state index contributed by atoms with van der Waals surface area (Å²) in [4.78, 5) is 15.7. The Kier molecular flexibility index (Phi) is 3.10. The van der Waals surface area contributed by atoms with Gasteiger partial charge in [-0.2, -0.15) is 26.3 Å². The summed E-state index contributed by atoms with van der Waals surface area (Å²) in [5.41, 5.74) is 1.10. The highest BCUT2D eigenvalue weighted by molar-refractivity contribution is 7.07. The predicted octanol–water partition coefficient (Wildman–Crippen LogP) is 1.36. The van der Waals surface area contributed by atoms with Crippen LogP contribution in [0.2, 0.25) is 0 Å². The molecule has 3 heterocycles. The third kappa shape index (κ3) is 2.28. The van der Waals surface area contributed by atoms with Gasteiger partial charge in [0.15, 0.2) is 0 Å². The number of carbonyl (C=O) groups is 1. The fourth-order valence-corrected chi connectivity index (χ4v) is 2.92. The average molecular weight is 262 g/mol. The molecule has 18 heavy (non-hydrogen) atoms. The van der Waals surface area contributed by atoms with Gasteiger partial charge in [-0.15, -0.1) is 0 Å². The molecule has 2 aromatic rings. The highest BCUT2D eigenvalue weighted by Gasteiger charge is 2.28. The van der Waals surface area contributed by atoms with Crippen LogP contribution in [-0.2, 0) is 11.2 Å². The first-order valence-corrected chi connectivity index (χ1v) is 6.92. The standard InChI is InChI=1S/C12H14N4OS/c17-12(7-10-2-6-18-9-10)15-5-1-11(8-15)16-13-3-4-14-16/h2-4,6,9,11H,1,5,7-8H2/t11-/m1/s1. The van der Waals surface area contributed by atoms with Crippen LogP contribution in [0.4, 0.5) is 0 Å². The number of rotatable bonds is 3. The number of carbonyl (C=O) groups excluding carboxylic acids is 1. The zero-order chi connectivity index (χ0) is 12.4. The number of aromatic nitrogens is 3. The van der Waals surface area contributed by atoms with Gasteiger partial charge in [0.25, 0.3) is 0 Å². The fourth-order valence-electron chi connectivity index (χ4n) is 2.25. The van der Waals surface area contributed by atoms with E-state index in [2.05, 4.69) is 10.2 Å². The van der Waals surface area contributed by atoms with Crippen LogP contribution >= 0.6 is 11.3 Å². The number of nitrogens with zero attached hydrogens (tertiary/aromatic N) is 4. The fraction of sp³-hybridized carbons (Fsp3) is 0.417. The van der Waals surface area contributed by atoms with Crippen LogP contribution in [0.15, 0.2) is 29.2 Å². The van der Waals surface area contributed by atoms with Gasteiger partial charge in [0.1, 0.15) is 0 Å². The molecular formula is C12H14N4OS. The van der Waals surface area contributed by atoms with Crippen LogP contribution in [0.25, 0.3) is 0 Å². The Labute approximate surface area is 109 Å². The molecule has 6 heteroatoms. The molecule has 1 aliphatic rings. The zero-order valence-electron chi connectivity index (χ0n) is 9.90. The molecule has 3 rings (SSSR count). The summed E-state index contributed by atoms with van der Waals surface area (Å²) in [6.07, 6.45) is 4.79. The topological polar surface area (TPSA) is 51.0 Å². The Morgan fingerprint density at radius 2 is 2.28 bits per heavy atom. The summed E-state index contributed by atoms with van der Waals surface area (Å²) < 4.78 is 0. The number of thiophene rings is 1. The number of hydrogen-bond donors (Lipinski definition) is 0. The van der Waals surface area contributed by atoms with Crippen molar-refractivity contribution in [1.82, 2.24) is 19.9 Å². The zero-order valence-corrected chi connectivity index (χ0v) is 10.7. The lowest BCUT2D eigenvalue weighted by molar-refractivity contribution is -0.129. The van der Waals surface area contributed by atoms with Gasteiger partial charge in [-0.3, -0.25) is 4.79 Å². The number of hydrogen-bond acceptors (Lipinski definition) is 4. The number of amides is 1. The van der Waals surface area contributed by atoms with Crippen LogP contribution in [0.3, 0.4) is 0 Å². The second kappa shape index (κ2) is 4.89. The first kappa shape index (κ1) is 11.4. The lowest BCUT2D eigenvalue weighted by Gasteiger charge is -2.15. The van der Waals surface area contributed by atoms with E-state index >= 15 is 0 Å². The highest BCUT2D eigenvalue weighted by atomic mass is 32.1. The van der Waals surface area contributed by atoms with Gasteiger partial charge in [0.05, 0.1) is 24.9 Å². The Hall–Kier alpha value is -1.69. The molecule has 0 spiro atoms. The van der Waals surface area contributed by atoms with Crippen molar-refractivity contribution in [1.29, 1.82) is 0 Å². The molecule has 5 nitrogen and oxygen atoms in total. The van der Waals surface area contributed by atoms with Crippen molar-refractivity contribution in [2.24, 2.45) is 0 Å². The molecule has 0 aromatic carbocycles. The largest absolute Gasteiger partial charge is 0.340 e. The van der Waals surface area contributed by atoms with E-state index in [0.29, 0.717) is 6.42 Å². The summed E-state index contributed by atoms with van der Waals surface area (Å²) >= 11 is 1.63. The predicted molar refractivity (Wildman–Crippen MR) is 68.3 cm³/mol. The lowest BCUT2D eigenvalue weighted by atomic mass is 10.2. The van der Waals surface area contributed by atoms with Crippen molar-refractivity contribution < 1.29 is 4.79 Å².